The van der Waals surface area contributed by atoms with Crippen LogP contribution in [0.15, 0.2) is 24.3 Å². The van der Waals surface area contributed by atoms with Crippen molar-refractivity contribution < 1.29 is 14.4 Å². The zero-order chi connectivity index (χ0) is 14.7. The highest BCUT2D eigenvalue weighted by Crippen LogP contribution is 2.63. The van der Waals surface area contributed by atoms with Gasteiger partial charge >= 0.3 is 0 Å². The van der Waals surface area contributed by atoms with Gasteiger partial charge in [0.2, 0.25) is 11.8 Å². The number of carbonyl (C=O) groups excluding carboxylic acids is 3. The number of benzene rings is 1. The minimum Gasteiger partial charge on any atom is -0.292 e. The molecule has 0 aromatic heterocycles. The van der Waals surface area contributed by atoms with Crippen molar-refractivity contribution >= 4 is 40.2 Å². The largest absolute Gasteiger partial charge is 0.292 e. The molecule has 0 spiro atoms. The number of hydrogen-bond donors (Lipinski definition) is 0. The lowest BCUT2D eigenvalue weighted by Gasteiger charge is -2.19. The van der Waals surface area contributed by atoms with Crippen LogP contribution < -0.4 is 0 Å². The van der Waals surface area contributed by atoms with Crippen molar-refractivity contribution in [1.29, 1.82) is 0 Å². The standard InChI is InChI=1S/C15H14INO3/c1-15(2)11-12(15)14(20)17(13(11)19)7-10(18)8-3-5-9(16)6-4-8/h3-6,11-12H,7H2,1-2H3. The fourth-order valence-electron chi connectivity index (χ4n) is 3.03. The summed E-state index contributed by atoms with van der Waals surface area (Å²) >= 11 is 2.16. The summed E-state index contributed by atoms with van der Waals surface area (Å²) in [6.07, 6.45) is 0. The normalized spacial score (nSPS) is 26.6. The second-order valence-electron chi connectivity index (χ2n) is 5.97. The fourth-order valence-corrected chi connectivity index (χ4v) is 3.39. The Labute approximate surface area is 130 Å². The van der Waals surface area contributed by atoms with E-state index in [0.29, 0.717) is 5.56 Å². The van der Waals surface area contributed by atoms with E-state index in [9.17, 15) is 14.4 Å². The van der Waals surface area contributed by atoms with Gasteiger partial charge in [-0.2, -0.15) is 0 Å². The highest BCUT2D eigenvalue weighted by atomic mass is 127. The number of Topliss-reactive ketones (excluding diaryl/α,β-unsaturated/α-hetero) is 1. The van der Waals surface area contributed by atoms with Gasteiger partial charge in [-0.15, -0.1) is 0 Å². The van der Waals surface area contributed by atoms with Gasteiger partial charge in [0.25, 0.3) is 0 Å². The highest BCUT2D eigenvalue weighted by molar-refractivity contribution is 14.1. The van der Waals surface area contributed by atoms with Crippen LogP contribution in [0.1, 0.15) is 24.2 Å². The molecule has 1 aromatic rings. The maximum absolute atomic E-state index is 12.1. The summed E-state index contributed by atoms with van der Waals surface area (Å²) in [5.74, 6) is -1.02. The molecule has 1 aliphatic heterocycles. The number of hydrogen-bond acceptors (Lipinski definition) is 3. The fraction of sp³-hybridized carbons (Fsp3) is 0.400. The van der Waals surface area contributed by atoms with Gasteiger partial charge in [0, 0.05) is 9.13 Å². The van der Waals surface area contributed by atoms with Crippen LogP contribution in [0.5, 0.6) is 0 Å². The predicted molar refractivity (Wildman–Crippen MR) is 81.0 cm³/mol. The Bertz CT molecular complexity index is 597. The van der Waals surface area contributed by atoms with E-state index in [2.05, 4.69) is 22.6 Å². The minimum atomic E-state index is -0.226. The third-order valence-corrected chi connectivity index (χ3v) is 5.08. The summed E-state index contributed by atoms with van der Waals surface area (Å²) in [4.78, 5) is 37.6. The Kier molecular flexibility index (Phi) is 3.00. The molecular weight excluding hydrogens is 369 g/mol. The van der Waals surface area contributed by atoms with E-state index >= 15 is 0 Å². The van der Waals surface area contributed by atoms with Crippen LogP contribution in [-0.2, 0) is 9.59 Å². The summed E-state index contributed by atoms with van der Waals surface area (Å²) in [5.41, 5.74) is 0.308. The SMILES string of the molecule is CC1(C)C2C(=O)N(CC(=O)c3ccc(I)cc3)C(=O)C21. The molecule has 1 saturated carbocycles. The molecule has 2 unspecified atom stereocenters. The third kappa shape index (κ3) is 1.90. The van der Waals surface area contributed by atoms with Crippen LogP contribution in [0.4, 0.5) is 0 Å². The molecule has 0 radical (unpaired) electrons. The number of carbonyl (C=O) groups is 3. The average Bonchev–Trinajstić information content (AvgIpc) is 2.87. The summed E-state index contributed by atoms with van der Waals surface area (Å²) in [6, 6.07) is 7.11. The van der Waals surface area contributed by atoms with Gasteiger partial charge < -0.3 is 0 Å². The zero-order valence-corrected chi connectivity index (χ0v) is 13.4. The Morgan fingerprint density at radius 1 is 1.15 bits per heavy atom. The summed E-state index contributed by atoms with van der Waals surface area (Å²) in [6.45, 7) is 3.72. The predicted octanol–water partition coefficient (Wildman–Crippen LogP) is 2.11. The van der Waals surface area contributed by atoms with Crippen LogP contribution >= 0.6 is 22.6 Å². The van der Waals surface area contributed by atoms with E-state index in [-0.39, 0.29) is 41.4 Å². The minimum absolute atomic E-state index is 0.138. The lowest BCUT2D eigenvalue weighted by molar-refractivity contribution is -0.142. The molecule has 20 heavy (non-hydrogen) atoms. The van der Waals surface area contributed by atoms with Gasteiger partial charge in [-0.05, 0) is 40.1 Å². The van der Waals surface area contributed by atoms with Crippen molar-refractivity contribution in [1.82, 2.24) is 4.90 Å². The molecule has 3 rings (SSSR count). The summed E-state index contributed by atoms with van der Waals surface area (Å²) in [7, 11) is 0. The van der Waals surface area contributed by atoms with E-state index in [1.165, 1.54) is 0 Å². The number of imide groups is 1. The van der Waals surface area contributed by atoms with Gasteiger partial charge in [-0.1, -0.05) is 26.0 Å². The number of nitrogens with zero attached hydrogens (tertiary/aromatic N) is 1. The molecule has 2 atom stereocenters. The zero-order valence-electron chi connectivity index (χ0n) is 11.2. The molecular formula is C15H14INO3. The first-order valence-electron chi connectivity index (χ1n) is 6.48. The number of ketones is 1. The van der Waals surface area contributed by atoms with Gasteiger partial charge in [0.15, 0.2) is 5.78 Å². The second kappa shape index (κ2) is 4.38. The molecule has 2 fully saturated rings. The van der Waals surface area contributed by atoms with E-state index in [4.69, 9.17) is 0 Å². The van der Waals surface area contributed by atoms with Crippen molar-refractivity contribution in [2.45, 2.75) is 13.8 Å². The summed E-state index contributed by atoms with van der Waals surface area (Å²) in [5, 5.41) is 0. The van der Waals surface area contributed by atoms with Crippen LogP contribution in [-0.4, -0.2) is 29.0 Å². The molecule has 1 aromatic carbocycles. The first-order valence-corrected chi connectivity index (χ1v) is 7.56. The van der Waals surface area contributed by atoms with Gasteiger partial charge in [0.1, 0.15) is 0 Å². The van der Waals surface area contributed by atoms with E-state index < -0.39 is 0 Å². The first-order chi connectivity index (χ1) is 9.34. The average molecular weight is 383 g/mol. The molecule has 1 aliphatic carbocycles. The molecule has 0 N–H and O–H groups in total. The molecule has 2 amide bonds. The molecule has 1 heterocycles. The molecule has 4 nitrogen and oxygen atoms in total. The number of rotatable bonds is 3. The second-order valence-corrected chi connectivity index (χ2v) is 7.22. The van der Waals surface area contributed by atoms with Crippen molar-refractivity contribution in [3.8, 4) is 0 Å². The molecule has 0 bridgehead atoms. The van der Waals surface area contributed by atoms with E-state index in [1.807, 2.05) is 26.0 Å². The van der Waals surface area contributed by atoms with Crippen LogP contribution in [0.3, 0.4) is 0 Å². The maximum atomic E-state index is 12.1. The van der Waals surface area contributed by atoms with E-state index in [1.54, 1.807) is 12.1 Å². The third-order valence-electron chi connectivity index (χ3n) is 4.36. The number of likely N-dealkylation sites (tertiary alicyclic amines) is 1. The number of fused-ring (bicyclic) bond motifs is 1. The summed E-state index contributed by atoms with van der Waals surface area (Å²) < 4.78 is 1.04. The van der Waals surface area contributed by atoms with Crippen LogP contribution in [0.25, 0.3) is 0 Å². The molecule has 2 aliphatic rings. The van der Waals surface area contributed by atoms with Crippen LogP contribution in [0.2, 0.25) is 0 Å². The maximum Gasteiger partial charge on any atom is 0.234 e. The monoisotopic (exact) mass is 383 g/mol. The molecule has 5 heteroatoms. The quantitative estimate of drug-likeness (QED) is 0.457. The van der Waals surface area contributed by atoms with E-state index in [0.717, 1.165) is 8.47 Å². The molecule has 1 saturated heterocycles. The smallest absolute Gasteiger partial charge is 0.234 e. The lowest BCUT2D eigenvalue weighted by Crippen LogP contribution is -2.39. The van der Waals surface area contributed by atoms with Gasteiger partial charge in [-0.3, -0.25) is 19.3 Å². The van der Waals surface area contributed by atoms with Crippen molar-refractivity contribution in [2.75, 3.05) is 6.54 Å². The topological polar surface area (TPSA) is 54.5 Å². The first kappa shape index (κ1) is 13.7. The Hall–Kier alpha value is -1.24. The number of amides is 2. The van der Waals surface area contributed by atoms with Crippen LogP contribution in [0, 0.1) is 20.8 Å². The number of halogens is 1. The Balaban J connectivity index is 1.74. The van der Waals surface area contributed by atoms with Crippen molar-refractivity contribution in [2.24, 2.45) is 17.3 Å². The van der Waals surface area contributed by atoms with Crippen molar-refractivity contribution in [3.05, 3.63) is 33.4 Å². The Morgan fingerprint density at radius 2 is 1.65 bits per heavy atom. The Morgan fingerprint density at radius 3 is 2.15 bits per heavy atom. The lowest BCUT2D eigenvalue weighted by atomic mass is 10.0. The van der Waals surface area contributed by atoms with Gasteiger partial charge in [-0.25, -0.2) is 0 Å². The van der Waals surface area contributed by atoms with Crippen molar-refractivity contribution in [3.63, 3.8) is 0 Å². The highest BCUT2D eigenvalue weighted by Gasteiger charge is 2.72. The molecule has 104 valence electrons. The number of piperidine rings is 1. The van der Waals surface area contributed by atoms with Gasteiger partial charge in [0.05, 0.1) is 18.4 Å².